The molecule has 1 aromatic carbocycles. The fourth-order valence-electron chi connectivity index (χ4n) is 3.26. The number of hydrogen-bond donors (Lipinski definition) is 1. The Hall–Kier alpha value is -2.41. The molecule has 3 rings (SSSR count). The van der Waals surface area contributed by atoms with Crippen molar-refractivity contribution in [1.29, 1.82) is 0 Å². The summed E-state index contributed by atoms with van der Waals surface area (Å²) in [5.74, 6) is -0.136. The number of halogens is 3. The summed E-state index contributed by atoms with van der Waals surface area (Å²) >= 11 is 0. The minimum absolute atomic E-state index is 0.136. The molecule has 27 heavy (non-hydrogen) atoms. The van der Waals surface area contributed by atoms with Gasteiger partial charge in [-0.25, -0.2) is 0 Å². The molecule has 1 amide bonds. The second-order valence-electron chi connectivity index (χ2n) is 7.33. The molecule has 0 aliphatic carbocycles. The maximum Gasteiger partial charge on any atom is 0.416 e. The Labute approximate surface area is 156 Å². The first-order valence-corrected chi connectivity index (χ1v) is 8.77. The minimum atomic E-state index is -4.39. The standard InChI is InChI=1S/C20H22F3N3O/c1-13-4-5-15(12-24-13)19(2,3)25-17-10-11-26(18(17)27)16-8-6-14(7-9-16)20(21,22)23/h4-9,12,17,25H,10-11H2,1-3H3. The van der Waals surface area contributed by atoms with Crippen molar-refractivity contribution in [3.63, 3.8) is 0 Å². The van der Waals surface area contributed by atoms with Gasteiger partial charge in [-0.05, 0) is 63.1 Å². The third-order valence-corrected chi connectivity index (χ3v) is 4.88. The number of amides is 1. The highest BCUT2D eigenvalue weighted by Crippen LogP contribution is 2.32. The van der Waals surface area contributed by atoms with E-state index >= 15 is 0 Å². The Morgan fingerprint density at radius 2 is 1.70 bits per heavy atom. The van der Waals surface area contributed by atoms with Crippen LogP contribution in [-0.2, 0) is 16.5 Å². The van der Waals surface area contributed by atoms with Crippen LogP contribution in [0.5, 0.6) is 0 Å². The molecule has 0 bridgehead atoms. The average Bonchev–Trinajstić information content (AvgIpc) is 2.95. The van der Waals surface area contributed by atoms with Gasteiger partial charge in [-0.15, -0.1) is 0 Å². The Morgan fingerprint density at radius 3 is 2.26 bits per heavy atom. The second kappa shape index (κ2) is 6.96. The van der Waals surface area contributed by atoms with Crippen LogP contribution in [0.1, 0.15) is 37.1 Å². The lowest BCUT2D eigenvalue weighted by atomic mass is 9.94. The molecule has 2 aromatic rings. The van der Waals surface area contributed by atoms with Crippen LogP contribution < -0.4 is 10.2 Å². The van der Waals surface area contributed by atoms with Crippen LogP contribution in [0.25, 0.3) is 0 Å². The van der Waals surface area contributed by atoms with Gasteiger partial charge >= 0.3 is 6.18 Å². The van der Waals surface area contributed by atoms with Gasteiger partial charge in [0.15, 0.2) is 0 Å². The number of carbonyl (C=O) groups excluding carboxylic acids is 1. The summed E-state index contributed by atoms with van der Waals surface area (Å²) in [7, 11) is 0. The van der Waals surface area contributed by atoms with Crippen LogP contribution in [-0.4, -0.2) is 23.5 Å². The molecule has 144 valence electrons. The summed E-state index contributed by atoms with van der Waals surface area (Å²) in [6.45, 7) is 6.33. The lowest BCUT2D eigenvalue weighted by Gasteiger charge is -2.30. The molecule has 1 N–H and O–H groups in total. The highest BCUT2D eigenvalue weighted by molar-refractivity contribution is 5.99. The van der Waals surface area contributed by atoms with Crippen LogP contribution in [0, 0.1) is 6.92 Å². The fourth-order valence-corrected chi connectivity index (χ4v) is 3.26. The number of rotatable bonds is 4. The van der Waals surface area contributed by atoms with Crippen molar-refractivity contribution in [3.8, 4) is 0 Å². The highest BCUT2D eigenvalue weighted by Gasteiger charge is 2.37. The lowest BCUT2D eigenvalue weighted by Crippen LogP contribution is -2.47. The normalized spacial score (nSPS) is 18.2. The van der Waals surface area contributed by atoms with Gasteiger partial charge in [0.2, 0.25) is 5.91 Å². The monoisotopic (exact) mass is 377 g/mol. The number of nitrogens with one attached hydrogen (secondary N) is 1. The van der Waals surface area contributed by atoms with Gasteiger partial charge < -0.3 is 4.90 Å². The van der Waals surface area contributed by atoms with Gasteiger partial charge in [0, 0.05) is 29.7 Å². The van der Waals surface area contributed by atoms with E-state index in [1.165, 1.54) is 17.0 Å². The Balaban J connectivity index is 1.72. The number of aryl methyl sites for hydroxylation is 1. The number of alkyl halides is 3. The lowest BCUT2D eigenvalue weighted by molar-refractivity contribution is -0.137. The first-order chi connectivity index (χ1) is 12.6. The minimum Gasteiger partial charge on any atom is -0.311 e. The zero-order valence-electron chi connectivity index (χ0n) is 15.5. The molecular weight excluding hydrogens is 355 g/mol. The Morgan fingerprint density at radius 1 is 1.07 bits per heavy atom. The third kappa shape index (κ3) is 4.13. The van der Waals surface area contributed by atoms with Crippen molar-refractivity contribution < 1.29 is 18.0 Å². The van der Waals surface area contributed by atoms with Gasteiger partial charge in [0.05, 0.1) is 11.6 Å². The first-order valence-electron chi connectivity index (χ1n) is 8.77. The molecule has 0 radical (unpaired) electrons. The SMILES string of the molecule is Cc1ccc(C(C)(C)NC2CCN(c3ccc(C(F)(F)F)cc3)C2=O)cn1. The van der Waals surface area contributed by atoms with Gasteiger partial charge in [-0.1, -0.05) is 6.07 Å². The topological polar surface area (TPSA) is 45.2 Å². The van der Waals surface area contributed by atoms with Crippen molar-refractivity contribution in [3.05, 3.63) is 59.4 Å². The Bertz CT molecular complexity index is 814. The van der Waals surface area contributed by atoms with E-state index in [0.29, 0.717) is 18.7 Å². The van der Waals surface area contributed by atoms with E-state index in [4.69, 9.17) is 0 Å². The number of aromatic nitrogens is 1. The number of benzene rings is 1. The van der Waals surface area contributed by atoms with Crippen LogP contribution in [0.3, 0.4) is 0 Å². The zero-order chi connectivity index (χ0) is 19.8. The van der Waals surface area contributed by atoms with Crippen LogP contribution in [0.4, 0.5) is 18.9 Å². The largest absolute Gasteiger partial charge is 0.416 e. The van der Waals surface area contributed by atoms with Crippen molar-refractivity contribution >= 4 is 11.6 Å². The van der Waals surface area contributed by atoms with E-state index in [1.54, 1.807) is 6.20 Å². The summed E-state index contributed by atoms with van der Waals surface area (Å²) < 4.78 is 38.1. The average molecular weight is 377 g/mol. The molecule has 1 aliphatic heterocycles. The van der Waals surface area contributed by atoms with Gasteiger partial charge in [0.25, 0.3) is 0 Å². The number of hydrogen-bond acceptors (Lipinski definition) is 3. The van der Waals surface area contributed by atoms with E-state index in [9.17, 15) is 18.0 Å². The van der Waals surface area contributed by atoms with E-state index in [2.05, 4.69) is 10.3 Å². The van der Waals surface area contributed by atoms with Crippen molar-refractivity contribution in [1.82, 2.24) is 10.3 Å². The van der Waals surface area contributed by atoms with E-state index in [-0.39, 0.29) is 5.91 Å². The van der Waals surface area contributed by atoms with Gasteiger partial charge in [-0.3, -0.25) is 15.1 Å². The summed E-state index contributed by atoms with van der Waals surface area (Å²) in [5.41, 5.74) is 1.18. The second-order valence-corrected chi connectivity index (χ2v) is 7.33. The molecule has 2 heterocycles. The third-order valence-electron chi connectivity index (χ3n) is 4.88. The number of pyridine rings is 1. The predicted octanol–water partition coefficient (Wildman–Crippen LogP) is 4.04. The summed E-state index contributed by atoms with van der Waals surface area (Å²) in [5, 5.41) is 3.36. The smallest absolute Gasteiger partial charge is 0.311 e. The summed E-state index contributed by atoms with van der Waals surface area (Å²) in [4.78, 5) is 18.6. The van der Waals surface area contributed by atoms with E-state index in [1.807, 2.05) is 32.9 Å². The molecule has 4 nitrogen and oxygen atoms in total. The Kier molecular flexibility index (Phi) is 4.99. The number of nitrogens with zero attached hydrogens (tertiary/aromatic N) is 2. The first kappa shape index (κ1) is 19.4. The van der Waals surface area contributed by atoms with Crippen LogP contribution in [0.15, 0.2) is 42.6 Å². The number of anilines is 1. The molecular formula is C20H22F3N3O. The van der Waals surface area contributed by atoms with Crippen molar-refractivity contribution in [2.75, 3.05) is 11.4 Å². The molecule has 0 spiro atoms. The van der Waals surface area contributed by atoms with Gasteiger partial charge in [0.1, 0.15) is 0 Å². The highest BCUT2D eigenvalue weighted by atomic mass is 19.4. The van der Waals surface area contributed by atoms with Crippen molar-refractivity contribution in [2.45, 2.75) is 44.9 Å². The predicted molar refractivity (Wildman–Crippen MR) is 97.3 cm³/mol. The molecule has 1 aromatic heterocycles. The molecule has 1 aliphatic rings. The van der Waals surface area contributed by atoms with E-state index in [0.717, 1.165) is 23.4 Å². The molecule has 0 saturated carbocycles. The molecule has 1 unspecified atom stereocenters. The quantitative estimate of drug-likeness (QED) is 0.875. The summed E-state index contributed by atoms with van der Waals surface area (Å²) in [6.07, 6.45) is -2.01. The van der Waals surface area contributed by atoms with Crippen molar-refractivity contribution in [2.24, 2.45) is 0 Å². The summed E-state index contributed by atoms with van der Waals surface area (Å²) in [6, 6.07) is 8.20. The van der Waals surface area contributed by atoms with Crippen LogP contribution in [0.2, 0.25) is 0 Å². The zero-order valence-corrected chi connectivity index (χ0v) is 15.5. The number of carbonyl (C=O) groups is 1. The fraction of sp³-hybridized carbons (Fsp3) is 0.400. The molecule has 1 fully saturated rings. The maximum absolute atomic E-state index is 12.8. The molecule has 7 heteroatoms. The van der Waals surface area contributed by atoms with Crippen LogP contribution >= 0.6 is 0 Å². The van der Waals surface area contributed by atoms with E-state index < -0.39 is 23.3 Å². The molecule has 1 saturated heterocycles. The molecule has 1 atom stereocenters. The van der Waals surface area contributed by atoms with Gasteiger partial charge in [-0.2, -0.15) is 13.2 Å². The maximum atomic E-state index is 12.8.